The van der Waals surface area contributed by atoms with Gasteiger partial charge in [0.2, 0.25) is 0 Å². The molecule has 0 saturated carbocycles. The van der Waals surface area contributed by atoms with Gasteiger partial charge >= 0.3 is 35.6 Å². The molecule has 3 aromatic carbocycles. The van der Waals surface area contributed by atoms with Gasteiger partial charge in [-0.2, -0.15) is 0 Å². The van der Waals surface area contributed by atoms with E-state index in [1.807, 2.05) is 18.2 Å². The Morgan fingerprint density at radius 2 is 0.545 bits per heavy atom. The maximum absolute atomic E-state index is 10.3. The summed E-state index contributed by atoms with van der Waals surface area (Å²) in [6.45, 7) is 0. The van der Waals surface area contributed by atoms with E-state index in [1.165, 1.54) is 36.4 Å². The van der Waals surface area contributed by atoms with E-state index < -0.39 is 0 Å². The van der Waals surface area contributed by atoms with Crippen molar-refractivity contribution in [1.29, 1.82) is 0 Å². The topological polar surface area (TPSA) is 69.2 Å². The fourth-order valence-electron chi connectivity index (χ4n) is 1.26. The molecule has 0 spiro atoms. The number of rotatable bonds is 0. The summed E-state index contributed by atoms with van der Waals surface area (Å²) in [6.07, 6.45) is 0. The first kappa shape index (κ1) is 20.3. The van der Waals surface area contributed by atoms with Crippen molar-refractivity contribution in [1.82, 2.24) is 0 Å². The van der Waals surface area contributed by atoms with Gasteiger partial charge in [0.15, 0.2) is 0 Å². The van der Waals surface area contributed by atoms with Gasteiger partial charge in [-0.1, -0.05) is 91.0 Å². The zero-order valence-electron chi connectivity index (χ0n) is 12.0. The van der Waals surface area contributed by atoms with Gasteiger partial charge in [0.25, 0.3) is 0 Å². The van der Waals surface area contributed by atoms with E-state index >= 15 is 0 Å². The zero-order valence-corrected chi connectivity index (χ0v) is 15.6. The van der Waals surface area contributed by atoms with Crippen LogP contribution in [-0.2, 0) is 0 Å². The van der Waals surface area contributed by atoms with Crippen LogP contribution in [0.25, 0.3) is 0 Å². The van der Waals surface area contributed by atoms with Crippen LogP contribution in [0.2, 0.25) is 0 Å². The Kier molecular flexibility index (Phi) is 11.9. The molecule has 0 aliphatic rings. The average molecular weight is 418 g/mol. The van der Waals surface area contributed by atoms with Gasteiger partial charge in [0, 0.05) is 0 Å². The second kappa shape index (κ2) is 13.0. The van der Waals surface area contributed by atoms with Crippen LogP contribution in [0.4, 0.5) is 0 Å². The molecule has 0 atom stereocenters. The molecule has 22 heavy (non-hydrogen) atoms. The fraction of sp³-hybridized carbons (Fsp3) is 0. The third-order valence-corrected chi connectivity index (χ3v) is 2.23. The molecule has 0 bridgehead atoms. The average Bonchev–Trinajstić information content (AvgIpc) is 2.51. The Balaban J connectivity index is 0.000000294. The molecular formula is C18H15LaO3. The summed E-state index contributed by atoms with van der Waals surface area (Å²) < 4.78 is 0. The number of hydrogen-bond acceptors (Lipinski definition) is 3. The molecule has 0 N–H and O–H groups in total. The summed E-state index contributed by atoms with van der Waals surface area (Å²) in [6, 6.07) is 25.0. The first-order valence-electron chi connectivity index (χ1n) is 6.34. The Morgan fingerprint density at radius 3 is 0.636 bits per heavy atom. The first-order valence-corrected chi connectivity index (χ1v) is 6.34. The molecule has 3 aromatic rings. The molecule has 0 amide bonds. The van der Waals surface area contributed by atoms with Crippen LogP contribution < -0.4 is 15.3 Å². The summed E-state index contributed by atoms with van der Waals surface area (Å²) in [4.78, 5) is 0. The summed E-state index contributed by atoms with van der Waals surface area (Å²) in [7, 11) is 0. The van der Waals surface area contributed by atoms with E-state index in [2.05, 4.69) is 0 Å². The molecule has 3 rings (SSSR count). The van der Waals surface area contributed by atoms with Crippen molar-refractivity contribution < 1.29 is 50.9 Å². The predicted octanol–water partition coefficient (Wildman–Crippen LogP) is 2.28. The standard InChI is InChI=1S/3C6H6O.La/c3*7-6-4-2-1-3-5-6;/h3*1-5,7H;/q;;;+3/p-3. The summed E-state index contributed by atoms with van der Waals surface area (Å²) in [5.41, 5.74) is 0. The molecule has 0 aliphatic carbocycles. The van der Waals surface area contributed by atoms with E-state index in [4.69, 9.17) is 0 Å². The maximum Gasteiger partial charge on any atom is 3.00 e. The molecule has 4 heteroatoms. The molecule has 0 aromatic heterocycles. The third kappa shape index (κ3) is 11.0. The fourth-order valence-corrected chi connectivity index (χ4v) is 1.26. The van der Waals surface area contributed by atoms with E-state index in [-0.39, 0.29) is 52.8 Å². The minimum absolute atomic E-state index is 0. The quantitative estimate of drug-likeness (QED) is 0.563. The summed E-state index contributed by atoms with van der Waals surface area (Å²) >= 11 is 0. The van der Waals surface area contributed by atoms with Crippen molar-refractivity contribution in [2.24, 2.45) is 0 Å². The van der Waals surface area contributed by atoms with E-state index in [9.17, 15) is 15.3 Å². The van der Waals surface area contributed by atoms with Gasteiger partial charge < -0.3 is 15.3 Å². The van der Waals surface area contributed by atoms with Crippen LogP contribution in [0, 0.1) is 35.6 Å². The monoisotopic (exact) mass is 418 g/mol. The van der Waals surface area contributed by atoms with Crippen molar-refractivity contribution in [2.45, 2.75) is 0 Å². The van der Waals surface area contributed by atoms with Crippen LogP contribution in [-0.4, -0.2) is 0 Å². The third-order valence-electron chi connectivity index (χ3n) is 2.23. The predicted molar refractivity (Wildman–Crippen MR) is 77.7 cm³/mol. The number of benzene rings is 3. The first-order chi connectivity index (χ1) is 10.2. The van der Waals surface area contributed by atoms with Crippen molar-refractivity contribution in [2.75, 3.05) is 0 Å². The molecule has 0 heterocycles. The zero-order chi connectivity index (χ0) is 15.3. The second-order valence-electron chi connectivity index (χ2n) is 3.94. The Morgan fingerprint density at radius 1 is 0.364 bits per heavy atom. The maximum atomic E-state index is 10.3. The van der Waals surface area contributed by atoms with Gasteiger partial charge in [-0.15, -0.1) is 17.2 Å². The summed E-state index contributed by atoms with van der Waals surface area (Å²) in [5.74, 6) is 0.215. The van der Waals surface area contributed by atoms with Gasteiger partial charge in [-0.3, -0.25) is 0 Å². The molecular weight excluding hydrogens is 403 g/mol. The van der Waals surface area contributed by atoms with Crippen LogP contribution in [0.3, 0.4) is 0 Å². The van der Waals surface area contributed by atoms with Gasteiger partial charge in [-0.25, -0.2) is 0 Å². The second-order valence-corrected chi connectivity index (χ2v) is 3.94. The van der Waals surface area contributed by atoms with Crippen LogP contribution in [0.15, 0.2) is 91.0 Å². The molecule has 108 valence electrons. The largest absolute Gasteiger partial charge is 3.00 e. The SMILES string of the molecule is [La+3].[O-]c1ccccc1.[O-]c1ccccc1.[O-]c1ccccc1. The number of hydrogen-bond donors (Lipinski definition) is 0. The minimum Gasteiger partial charge on any atom is -0.872 e. The van der Waals surface area contributed by atoms with Crippen LogP contribution in [0.1, 0.15) is 0 Å². The van der Waals surface area contributed by atoms with Crippen LogP contribution in [0.5, 0.6) is 17.2 Å². The van der Waals surface area contributed by atoms with E-state index in [0.717, 1.165) is 0 Å². The van der Waals surface area contributed by atoms with E-state index in [1.54, 1.807) is 36.4 Å². The van der Waals surface area contributed by atoms with E-state index in [0.29, 0.717) is 0 Å². The Hall–Kier alpha value is -1.75. The van der Waals surface area contributed by atoms with Gasteiger partial charge in [-0.05, 0) is 0 Å². The smallest absolute Gasteiger partial charge is 0.872 e. The van der Waals surface area contributed by atoms with Crippen molar-refractivity contribution >= 4 is 0 Å². The molecule has 3 nitrogen and oxygen atoms in total. The Bertz CT molecular complexity index is 497. The Labute approximate surface area is 158 Å². The van der Waals surface area contributed by atoms with Crippen molar-refractivity contribution in [3.63, 3.8) is 0 Å². The molecule has 0 saturated heterocycles. The normalized spacial score (nSPS) is 8.18. The summed E-state index contributed by atoms with van der Waals surface area (Å²) in [5, 5.41) is 30.8. The molecule has 0 radical (unpaired) electrons. The molecule has 0 unspecified atom stereocenters. The van der Waals surface area contributed by atoms with Crippen LogP contribution >= 0.6 is 0 Å². The minimum atomic E-state index is 0. The van der Waals surface area contributed by atoms with Gasteiger partial charge in [0.05, 0.1) is 0 Å². The van der Waals surface area contributed by atoms with Crippen molar-refractivity contribution in [3.8, 4) is 17.2 Å². The molecule has 0 aliphatic heterocycles. The van der Waals surface area contributed by atoms with Gasteiger partial charge in [0.1, 0.15) is 0 Å². The van der Waals surface area contributed by atoms with Crippen molar-refractivity contribution in [3.05, 3.63) is 91.0 Å². The molecule has 0 fully saturated rings. The number of para-hydroxylation sites is 3.